The fraction of sp³-hybridized carbons (Fsp3) is 0.462. The summed E-state index contributed by atoms with van der Waals surface area (Å²) in [5, 5.41) is 0. The van der Waals surface area contributed by atoms with Gasteiger partial charge in [0.05, 0.1) is 0 Å². The van der Waals surface area contributed by atoms with Gasteiger partial charge in [0.1, 0.15) is 11.5 Å². The molecule has 5 heteroatoms. The van der Waals surface area contributed by atoms with E-state index in [9.17, 15) is 18.0 Å². The predicted molar refractivity (Wildman–Crippen MR) is 59.3 cm³/mol. The molecule has 1 aliphatic carbocycles. The molecule has 0 atom stereocenters. The summed E-state index contributed by atoms with van der Waals surface area (Å²) in [6.45, 7) is 0. The number of hydrogen-bond donors (Lipinski definition) is 0. The van der Waals surface area contributed by atoms with Crippen LogP contribution in [0.5, 0.6) is 5.75 Å². The van der Waals surface area contributed by atoms with Crippen LogP contribution in [0.2, 0.25) is 0 Å². The Balaban J connectivity index is 2.19. The van der Waals surface area contributed by atoms with Crippen molar-refractivity contribution < 1.29 is 22.7 Å². The number of halogens is 3. The molecule has 18 heavy (non-hydrogen) atoms. The predicted octanol–water partition coefficient (Wildman–Crippen LogP) is 3.81. The highest BCUT2D eigenvalue weighted by atomic mass is 19.4. The maximum absolute atomic E-state index is 12.3. The molecule has 0 bridgehead atoms. The summed E-state index contributed by atoms with van der Waals surface area (Å²) in [4.78, 5) is 11.1. The van der Waals surface area contributed by atoms with E-state index in [2.05, 4.69) is 4.74 Å². The quantitative estimate of drug-likeness (QED) is 0.806. The van der Waals surface area contributed by atoms with Crippen molar-refractivity contribution in [3.8, 4) is 5.75 Å². The number of hydrogen-bond acceptors (Lipinski definition) is 2. The second kappa shape index (κ2) is 5.00. The van der Waals surface area contributed by atoms with Crippen LogP contribution in [-0.4, -0.2) is 12.1 Å². The minimum absolute atomic E-state index is 0.0266. The van der Waals surface area contributed by atoms with Crippen LogP contribution in [0.25, 0.3) is 0 Å². The zero-order valence-corrected chi connectivity index (χ0v) is 9.67. The van der Waals surface area contributed by atoms with Crippen molar-refractivity contribution in [3.05, 3.63) is 29.8 Å². The molecule has 0 saturated heterocycles. The molecule has 0 spiro atoms. The zero-order chi connectivity index (χ0) is 13.2. The van der Waals surface area contributed by atoms with Crippen LogP contribution in [0, 0.1) is 0 Å². The van der Waals surface area contributed by atoms with E-state index in [-0.39, 0.29) is 17.5 Å². The van der Waals surface area contributed by atoms with Gasteiger partial charge in [-0.3, -0.25) is 4.79 Å². The maximum Gasteiger partial charge on any atom is 0.573 e. The summed E-state index contributed by atoms with van der Waals surface area (Å²) in [6.07, 6.45) is -2.62. The highest BCUT2D eigenvalue weighted by Gasteiger charge is 2.33. The molecule has 0 amide bonds. The first-order valence-electron chi connectivity index (χ1n) is 5.82. The van der Waals surface area contributed by atoms with Crippen LogP contribution in [-0.2, 0) is 4.79 Å². The second-order valence-corrected chi connectivity index (χ2v) is 4.40. The Kier molecular flexibility index (Phi) is 3.59. The van der Waals surface area contributed by atoms with Gasteiger partial charge in [-0.2, -0.15) is 0 Å². The molecule has 0 aromatic heterocycles. The molecule has 0 N–H and O–H groups in total. The summed E-state index contributed by atoms with van der Waals surface area (Å²) < 4.78 is 40.9. The van der Waals surface area contributed by atoms with Crippen molar-refractivity contribution in [2.24, 2.45) is 0 Å². The van der Waals surface area contributed by atoms with Crippen molar-refractivity contribution in [1.82, 2.24) is 0 Å². The fourth-order valence-electron chi connectivity index (χ4n) is 2.29. The molecule has 1 aromatic carbocycles. The molecule has 0 aliphatic heterocycles. The van der Waals surface area contributed by atoms with Gasteiger partial charge in [-0.1, -0.05) is 18.2 Å². The summed E-state index contributed by atoms with van der Waals surface area (Å²) in [6, 6.07) is 6.16. The lowest BCUT2D eigenvalue weighted by molar-refractivity contribution is -0.275. The minimum Gasteiger partial charge on any atom is -0.405 e. The van der Waals surface area contributed by atoms with Crippen LogP contribution in [0.3, 0.4) is 0 Å². The number of para-hydroxylation sites is 1. The number of benzene rings is 1. The van der Waals surface area contributed by atoms with Gasteiger partial charge in [0.25, 0.3) is 0 Å². The third kappa shape index (κ3) is 3.24. The van der Waals surface area contributed by atoms with E-state index >= 15 is 0 Å². The van der Waals surface area contributed by atoms with E-state index in [0.29, 0.717) is 31.2 Å². The van der Waals surface area contributed by atoms with Crippen LogP contribution >= 0.6 is 0 Å². The third-order valence-corrected chi connectivity index (χ3v) is 3.13. The average Bonchev–Trinajstić information content (AvgIpc) is 2.29. The number of Topliss-reactive ketones (excluding diaryl/α,β-unsaturated/α-hetero) is 1. The lowest BCUT2D eigenvalue weighted by atomic mass is 9.83. The average molecular weight is 258 g/mol. The summed E-state index contributed by atoms with van der Waals surface area (Å²) in [5.74, 6) is 0.00562. The van der Waals surface area contributed by atoms with Crippen LogP contribution in [0.4, 0.5) is 13.2 Å². The molecular formula is C13H13F3O2. The van der Waals surface area contributed by atoms with E-state index in [4.69, 9.17) is 0 Å². The van der Waals surface area contributed by atoms with Gasteiger partial charge in [-0.15, -0.1) is 13.2 Å². The Labute approximate surface area is 103 Å². The molecule has 2 nitrogen and oxygen atoms in total. The summed E-state index contributed by atoms with van der Waals surface area (Å²) in [5.41, 5.74) is 0.544. The van der Waals surface area contributed by atoms with Gasteiger partial charge >= 0.3 is 6.36 Å². The monoisotopic (exact) mass is 258 g/mol. The first-order valence-corrected chi connectivity index (χ1v) is 5.82. The fourth-order valence-corrected chi connectivity index (χ4v) is 2.29. The van der Waals surface area contributed by atoms with Gasteiger partial charge in [-0.25, -0.2) is 0 Å². The van der Waals surface area contributed by atoms with Gasteiger partial charge in [0, 0.05) is 12.8 Å². The molecular weight excluding hydrogens is 245 g/mol. The van der Waals surface area contributed by atoms with Gasteiger partial charge < -0.3 is 4.74 Å². The van der Waals surface area contributed by atoms with Crippen LogP contribution in [0.1, 0.15) is 37.2 Å². The summed E-state index contributed by atoms with van der Waals surface area (Å²) in [7, 11) is 0. The molecule has 98 valence electrons. The van der Waals surface area contributed by atoms with Crippen molar-refractivity contribution in [3.63, 3.8) is 0 Å². The lowest BCUT2D eigenvalue weighted by Gasteiger charge is -2.23. The number of alkyl halides is 3. The Bertz CT molecular complexity index is 430. The normalized spacial score (nSPS) is 17.8. The molecule has 1 fully saturated rings. The van der Waals surface area contributed by atoms with Crippen LogP contribution in [0.15, 0.2) is 24.3 Å². The maximum atomic E-state index is 12.3. The number of rotatable bonds is 2. The third-order valence-electron chi connectivity index (χ3n) is 3.13. The SMILES string of the molecule is O=C1CCC(c2ccccc2OC(F)(F)F)CC1. The van der Waals surface area contributed by atoms with Gasteiger partial charge in [0.2, 0.25) is 0 Å². The van der Waals surface area contributed by atoms with Crippen molar-refractivity contribution in [1.29, 1.82) is 0 Å². The van der Waals surface area contributed by atoms with Crippen molar-refractivity contribution in [2.75, 3.05) is 0 Å². The largest absolute Gasteiger partial charge is 0.573 e. The number of carbonyl (C=O) groups is 1. The minimum atomic E-state index is -4.68. The van der Waals surface area contributed by atoms with Crippen LogP contribution < -0.4 is 4.74 Å². The highest BCUT2D eigenvalue weighted by Crippen LogP contribution is 2.38. The molecule has 0 radical (unpaired) electrons. The Hall–Kier alpha value is -1.52. The molecule has 1 saturated carbocycles. The van der Waals surface area contributed by atoms with E-state index in [1.54, 1.807) is 12.1 Å². The zero-order valence-electron chi connectivity index (χ0n) is 9.67. The lowest BCUT2D eigenvalue weighted by Crippen LogP contribution is -2.20. The van der Waals surface area contributed by atoms with E-state index in [1.807, 2.05) is 0 Å². The van der Waals surface area contributed by atoms with Crippen molar-refractivity contribution >= 4 is 5.78 Å². The highest BCUT2D eigenvalue weighted by molar-refractivity contribution is 5.79. The first-order chi connectivity index (χ1) is 8.46. The number of carbonyl (C=O) groups excluding carboxylic acids is 1. The summed E-state index contributed by atoms with van der Waals surface area (Å²) >= 11 is 0. The molecule has 1 aromatic rings. The Morgan fingerprint density at radius 3 is 2.33 bits per heavy atom. The van der Waals surface area contributed by atoms with Gasteiger partial charge in [-0.05, 0) is 30.4 Å². The molecule has 2 rings (SSSR count). The van der Waals surface area contributed by atoms with E-state index in [0.717, 1.165) is 0 Å². The molecule has 1 aliphatic rings. The van der Waals surface area contributed by atoms with E-state index < -0.39 is 6.36 Å². The van der Waals surface area contributed by atoms with Crippen molar-refractivity contribution in [2.45, 2.75) is 38.0 Å². The topological polar surface area (TPSA) is 26.3 Å². The standard InChI is InChI=1S/C13H13F3O2/c14-13(15,16)18-12-4-2-1-3-11(12)9-5-7-10(17)8-6-9/h1-4,9H,5-8H2. The first kappa shape index (κ1) is 12.9. The Morgan fingerprint density at radius 1 is 1.11 bits per heavy atom. The number of ketones is 1. The molecule has 0 unspecified atom stereocenters. The number of ether oxygens (including phenoxy) is 1. The smallest absolute Gasteiger partial charge is 0.405 e. The Morgan fingerprint density at radius 2 is 1.72 bits per heavy atom. The van der Waals surface area contributed by atoms with Gasteiger partial charge in [0.15, 0.2) is 0 Å². The van der Waals surface area contributed by atoms with E-state index in [1.165, 1.54) is 12.1 Å². The second-order valence-electron chi connectivity index (χ2n) is 4.40. The molecule has 0 heterocycles.